The van der Waals surface area contributed by atoms with Gasteiger partial charge in [-0.25, -0.2) is 0 Å². The SMILES string of the molecule is CCCN(CCBr)C(=O)c1ccc(OC)c(OC)c1OC. The number of amides is 1. The molecule has 1 rings (SSSR count). The van der Waals surface area contributed by atoms with Gasteiger partial charge >= 0.3 is 0 Å². The van der Waals surface area contributed by atoms with E-state index in [2.05, 4.69) is 15.9 Å². The molecule has 0 atom stereocenters. The van der Waals surface area contributed by atoms with Gasteiger partial charge in [0.1, 0.15) is 0 Å². The number of rotatable bonds is 8. The molecule has 0 saturated carbocycles. The van der Waals surface area contributed by atoms with Crippen molar-refractivity contribution in [3.05, 3.63) is 17.7 Å². The minimum absolute atomic E-state index is 0.0749. The highest BCUT2D eigenvalue weighted by Crippen LogP contribution is 2.40. The van der Waals surface area contributed by atoms with Crippen molar-refractivity contribution in [2.75, 3.05) is 39.7 Å². The summed E-state index contributed by atoms with van der Waals surface area (Å²) in [4.78, 5) is 14.5. The van der Waals surface area contributed by atoms with E-state index in [1.807, 2.05) is 6.92 Å². The Hall–Kier alpha value is -1.43. The summed E-state index contributed by atoms with van der Waals surface area (Å²) in [5, 5.41) is 0.731. The van der Waals surface area contributed by atoms with Crippen molar-refractivity contribution in [2.24, 2.45) is 0 Å². The zero-order chi connectivity index (χ0) is 15.8. The van der Waals surface area contributed by atoms with Crippen LogP contribution in [-0.2, 0) is 0 Å². The molecule has 0 aromatic heterocycles. The van der Waals surface area contributed by atoms with Crippen molar-refractivity contribution in [1.82, 2.24) is 4.90 Å². The fourth-order valence-corrected chi connectivity index (χ4v) is 2.55. The zero-order valence-corrected chi connectivity index (χ0v) is 14.5. The number of methoxy groups -OCH3 is 3. The van der Waals surface area contributed by atoms with E-state index < -0.39 is 0 Å². The Bertz CT molecular complexity index is 473. The van der Waals surface area contributed by atoms with E-state index in [1.54, 1.807) is 24.1 Å². The molecule has 1 aromatic carbocycles. The quantitative estimate of drug-likeness (QED) is 0.669. The molecular formula is C15H22BrNO4. The Morgan fingerprint density at radius 2 is 1.76 bits per heavy atom. The van der Waals surface area contributed by atoms with Crippen LogP contribution in [0, 0.1) is 0 Å². The van der Waals surface area contributed by atoms with E-state index in [-0.39, 0.29) is 5.91 Å². The second kappa shape index (κ2) is 8.77. The molecule has 5 nitrogen and oxygen atoms in total. The van der Waals surface area contributed by atoms with Crippen LogP contribution in [0.4, 0.5) is 0 Å². The van der Waals surface area contributed by atoms with E-state index in [0.29, 0.717) is 35.9 Å². The Balaban J connectivity index is 3.24. The normalized spacial score (nSPS) is 10.1. The molecule has 21 heavy (non-hydrogen) atoms. The number of alkyl halides is 1. The molecule has 1 amide bonds. The van der Waals surface area contributed by atoms with E-state index in [9.17, 15) is 4.79 Å². The second-order valence-corrected chi connectivity index (χ2v) is 5.16. The third-order valence-corrected chi connectivity index (χ3v) is 3.42. The molecular weight excluding hydrogens is 338 g/mol. The van der Waals surface area contributed by atoms with Gasteiger partial charge < -0.3 is 19.1 Å². The van der Waals surface area contributed by atoms with Crippen LogP contribution in [0.2, 0.25) is 0 Å². The first-order valence-corrected chi connectivity index (χ1v) is 7.90. The van der Waals surface area contributed by atoms with Crippen molar-refractivity contribution < 1.29 is 19.0 Å². The average Bonchev–Trinajstić information content (AvgIpc) is 2.52. The molecule has 0 fully saturated rings. The number of halogens is 1. The Kier molecular flexibility index (Phi) is 7.36. The summed E-state index contributed by atoms with van der Waals surface area (Å²) < 4.78 is 15.9. The fraction of sp³-hybridized carbons (Fsp3) is 0.533. The molecule has 1 aromatic rings. The number of carbonyl (C=O) groups excluding carboxylic acids is 1. The maximum absolute atomic E-state index is 12.7. The largest absolute Gasteiger partial charge is 0.493 e. The highest BCUT2D eigenvalue weighted by molar-refractivity contribution is 9.09. The lowest BCUT2D eigenvalue weighted by Crippen LogP contribution is -2.33. The lowest BCUT2D eigenvalue weighted by molar-refractivity contribution is 0.0762. The number of hydrogen-bond donors (Lipinski definition) is 0. The maximum Gasteiger partial charge on any atom is 0.257 e. The molecule has 0 N–H and O–H groups in total. The van der Waals surface area contributed by atoms with Gasteiger partial charge in [0.25, 0.3) is 5.91 Å². The second-order valence-electron chi connectivity index (χ2n) is 4.36. The number of benzene rings is 1. The number of nitrogens with zero attached hydrogens (tertiary/aromatic N) is 1. The topological polar surface area (TPSA) is 48.0 Å². The van der Waals surface area contributed by atoms with Gasteiger partial charge in [0.05, 0.1) is 26.9 Å². The summed E-state index contributed by atoms with van der Waals surface area (Å²) in [7, 11) is 4.59. The molecule has 0 bridgehead atoms. The maximum atomic E-state index is 12.7. The lowest BCUT2D eigenvalue weighted by atomic mass is 10.1. The van der Waals surface area contributed by atoms with E-state index in [1.165, 1.54) is 14.2 Å². The van der Waals surface area contributed by atoms with Crippen LogP contribution in [0.3, 0.4) is 0 Å². The van der Waals surface area contributed by atoms with Crippen LogP contribution >= 0.6 is 15.9 Å². The third-order valence-electron chi connectivity index (χ3n) is 3.07. The van der Waals surface area contributed by atoms with Gasteiger partial charge in [0.15, 0.2) is 11.5 Å². The summed E-state index contributed by atoms with van der Waals surface area (Å²) in [6.07, 6.45) is 0.897. The van der Waals surface area contributed by atoms with Gasteiger partial charge in [0.2, 0.25) is 5.75 Å². The van der Waals surface area contributed by atoms with Crippen LogP contribution in [-0.4, -0.2) is 50.6 Å². The van der Waals surface area contributed by atoms with Crippen molar-refractivity contribution in [1.29, 1.82) is 0 Å². The van der Waals surface area contributed by atoms with E-state index in [0.717, 1.165) is 11.8 Å². The fourth-order valence-electron chi connectivity index (χ4n) is 2.13. The first kappa shape index (κ1) is 17.6. The molecule has 0 unspecified atom stereocenters. The van der Waals surface area contributed by atoms with Crippen LogP contribution < -0.4 is 14.2 Å². The Morgan fingerprint density at radius 3 is 2.24 bits per heavy atom. The predicted molar refractivity (Wildman–Crippen MR) is 86.1 cm³/mol. The van der Waals surface area contributed by atoms with Crippen molar-refractivity contribution in [3.8, 4) is 17.2 Å². The number of hydrogen-bond acceptors (Lipinski definition) is 4. The molecule has 0 saturated heterocycles. The van der Waals surface area contributed by atoms with Crippen LogP contribution in [0.15, 0.2) is 12.1 Å². The third kappa shape index (κ3) is 4.03. The summed E-state index contributed by atoms with van der Waals surface area (Å²) >= 11 is 3.38. The van der Waals surface area contributed by atoms with Crippen LogP contribution in [0.1, 0.15) is 23.7 Å². The first-order chi connectivity index (χ1) is 10.1. The molecule has 0 heterocycles. The zero-order valence-electron chi connectivity index (χ0n) is 12.9. The Morgan fingerprint density at radius 1 is 1.10 bits per heavy atom. The molecule has 0 aliphatic carbocycles. The molecule has 0 aliphatic rings. The lowest BCUT2D eigenvalue weighted by Gasteiger charge is -2.23. The summed E-state index contributed by atoms with van der Waals surface area (Å²) in [5.74, 6) is 1.29. The smallest absolute Gasteiger partial charge is 0.257 e. The molecule has 118 valence electrons. The molecule has 0 aliphatic heterocycles. The van der Waals surface area contributed by atoms with Crippen molar-refractivity contribution in [3.63, 3.8) is 0 Å². The van der Waals surface area contributed by atoms with Gasteiger partial charge in [-0.2, -0.15) is 0 Å². The highest BCUT2D eigenvalue weighted by atomic mass is 79.9. The monoisotopic (exact) mass is 359 g/mol. The summed E-state index contributed by atoms with van der Waals surface area (Å²) in [6.45, 7) is 3.38. The minimum Gasteiger partial charge on any atom is -0.493 e. The van der Waals surface area contributed by atoms with Crippen LogP contribution in [0.25, 0.3) is 0 Å². The summed E-state index contributed by atoms with van der Waals surface area (Å²) in [6, 6.07) is 3.42. The van der Waals surface area contributed by atoms with Gasteiger partial charge in [-0.3, -0.25) is 4.79 Å². The minimum atomic E-state index is -0.0749. The first-order valence-electron chi connectivity index (χ1n) is 6.78. The predicted octanol–water partition coefficient (Wildman–Crippen LogP) is 2.96. The molecule has 0 spiro atoms. The number of ether oxygens (including phenoxy) is 3. The number of carbonyl (C=O) groups is 1. The van der Waals surface area contributed by atoms with Gasteiger partial charge in [-0.05, 0) is 18.6 Å². The summed E-state index contributed by atoms with van der Waals surface area (Å²) in [5.41, 5.74) is 0.476. The average molecular weight is 360 g/mol. The van der Waals surface area contributed by atoms with Crippen LogP contribution in [0.5, 0.6) is 17.2 Å². The van der Waals surface area contributed by atoms with Gasteiger partial charge in [-0.1, -0.05) is 22.9 Å². The van der Waals surface area contributed by atoms with Gasteiger partial charge in [-0.15, -0.1) is 0 Å². The van der Waals surface area contributed by atoms with Gasteiger partial charge in [0, 0.05) is 18.4 Å². The van der Waals surface area contributed by atoms with Crippen molar-refractivity contribution >= 4 is 21.8 Å². The highest BCUT2D eigenvalue weighted by Gasteiger charge is 2.23. The van der Waals surface area contributed by atoms with E-state index in [4.69, 9.17) is 14.2 Å². The standard InChI is InChI=1S/C15H22BrNO4/c1-5-9-17(10-8-16)15(18)11-6-7-12(19-2)14(21-4)13(11)20-3/h6-7H,5,8-10H2,1-4H3. The molecule has 0 radical (unpaired) electrons. The van der Waals surface area contributed by atoms with E-state index >= 15 is 0 Å². The Labute approximate surface area is 134 Å². The molecule has 6 heteroatoms. The van der Waals surface area contributed by atoms with Crippen molar-refractivity contribution in [2.45, 2.75) is 13.3 Å².